The zero-order chi connectivity index (χ0) is 22.8. The molecule has 0 unspecified atom stereocenters. The van der Waals surface area contributed by atoms with Gasteiger partial charge in [-0.15, -0.1) is 0 Å². The summed E-state index contributed by atoms with van der Waals surface area (Å²) in [5, 5.41) is 0. The summed E-state index contributed by atoms with van der Waals surface area (Å²) in [6.07, 6.45) is 3.98. The molecule has 9 nitrogen and oxygen atoms in total. The monoisotopic (exact) mass is 440 g/mol. The summed E-state index contributed by atoms with van der Waals surface area (Å²) in [5.74, 6) is -1.47. The first-order valence-electron chi connectivity index (χ1n) is 10.7. The van der Waals surface area contributed by atoms with Crippen molar-refractivity contribution in [2.75, 3.05) is 13.1 Å². The Bertz CT molecular complexity index is 1240. The van der Waals surface area contributed by atoms with Gasteiger partial charge in [0.15, 0.2) is 17.2 Å². The number of halogens is 1. The summed E-state index contributed by atoms with van der Waals surface area (Å²) in [6, 6.07) is 5.62. The highest BCUT2D eigenvalue weighted by atomic mass is 19.1. The van der Waals surface area contributed by atoms with E-state index in [4.69, 9.17) is 5.73 Å². The SMILES string of the molecule is CCn1c(=O)n(CC(=O)N2CCCCCC2)c2c(C(N)=O)nc(-c3cccc(F)c3)nc21. The number of benzene rings is 1. The minimum Gasteiger partial charge on any atom is -0.364 e. The quantitative estimate of drug-likeness (QED) is 0.651. The summed E-state index contributed by atoms with van der Waals surface area (Å²) in [4.78, 5) is 48.9. The second-order valence-electron chi connectivity index (χ2n) is 7.85. The van der Waals surface area contributed by atoms with Crippen molar-refractivity contribution in [1.29, 1.82) is 0 Å². The minimum atomic E-state index is -0.862. The fourth-order valence-electron chi connectivity index (χ4n) is 4.13. The number of aryl methyl sites for hydroxylation is 1. The van der Waals surface area contributed by atoms with E-state index >= 15 is 0 Å². The molecule has 4 rings (SSSR count). The fourth-order valence-corrected chi connectivity index (χ4v) is 4.13. The van der Waals surface area contributed by atoms with Crippen LogP contribution in [0, 0.1) is 5.82 Å². The average Bonchev–Trinajstić information content (AvgIpc) is 2.94. The van der Waals surface area contributed by atoms with Crippen LogP contribution in [-0.4, -0.2) is 48.9 Å². The normalized spacial score (nSPS) is 14.5. The van der Waals surface area contributed by atoms with Gasteiger partial charge in [0.1, 0.15) is 17.9 Å². The zero-order valence-electron chi connectivity index (χ0n) is 17.9. The molecule has 32 heavy (non-hydrogen) atoms. The van der Waals surface area contributed by atoms with Gasteiger partial charge >= 0.3 is 5.69 Å². The lowest BCUT2D eigenvalue weighted by molar-refractivity contribution is -0.131. The molecule has 1 fully saturated rings. The van der Waals surface area contributed by atoms with Crippen LogP contribution in [0.1, 0.15) is 43.1 Å². The maximum absolute atomic E-state index is 13.7. The second kappa shape index (κ2) is 8.89. The Labute approximate surface area is 183 Å². The Morgan fingerprint density at radius 2 is 1.81 bits per heavy atom. The molecule has 2 aromatic heterocycles. The number of fused-ring (bicyclic) bond motifs is 1. The summed E-state index contributed by atoms with van der Waals surface area (Å²) < 4.78 is 16.3. The van der Waals surface area contributed by atoms with Crippen LogP contribution < -0.4 is 11.4 Å². The summed E-state index contributed by atoms with van der Waals surface area (Å²) in [6.45, 7) is 3.07. The van der Waals surface area contributed by atoms with Gasteiger partial charge in [-0.3, -0.25) is 18.7 Å². The van der Waals surface area contributed by atoms with Crippen molar-refractivity contribution in [3.05, 3.63) is 46.3 Å². The molecule has 1 aliphatic rings. The second-order valence-corrected chi connectivity index (χ2v) is 7.85. The number of aromatic nitrogens is 4. The molecule has 1 aliphatic heterocycles. The van der Waals surface area contributed by atoms with E-state index in [-0.39, 0.29) is 41.7 Å². The average molecular weight is 440 g/mol. The highest BCUT2D eigenvalue weighted by Gasteiger charge is 2.25. The Morgan fingerprint density at radius 3 is 2.44 bits per heavy atom. The van der Waals surface area contributed by atoms with Crippen LogP contribution in [-0.2, 0) is 17.9 Å². The van der Waals surface area contributed by atoms with Crippen LogP contribution in [0.25, 0.3) is 22.6 Å². The molecule has 1 aromatic carbocycles. The Balaban J connectivity index is 1.87. The van der Waals surface area contributed by atoms with Gasteiger partial charge in [-0.25, -0.2) is 19.2 Å². The predicted molar refractivity (Wildman–Crippen MR) is 116 cm³/mol. The van der Waals surface area contributed by atoms with Crippen LogP contribution in [0.2, 0.25) is 0 Å². The molecule has 2 N–H and O–H groups in total. The third-order valence-corrected chi connectivity index (χ3v) is 5.74. The largest absolute Gasteiger partial charge is 0.364 e. The number of amides is 2. The number of likely N-dealkylation sites (tertiary alicyclic amines) is 1. The van der Waals surface area contributed by atoms with Crippen LogP contribution in [0.5, 0.6) is 0 Å². The molecular formula is C22H25FN6O3. The molecule has 168 valence electrons. The molecule has 0 radical (unpaired) electrons. The van der Waals surface area contributed by atoms with E-state index in [1.54, 1.807) is 17.9 Å². The summed E-state index contributed by atoms with van der Waals surface area (Å²) in [5.41, 5.74) is 5.59. The fraction of sp³-hybridized carbons (Fsp3) is 0.409. The molecule has 2 amide bonds. The molecule has 0 bridgehead atoms. The van der Waals surface area contributed by atoms with Gasteiger partial charge < -0.3 is 10.6 Å². The Morgan fingerprint density at radius 1 is 1.09 bits per heavy atom. The van der Waals surface area contributed by atoms with E-state index in [0.29, 0.717) is 18.7 Å². The molecule has 0 spiro atoms. The first kappa shape index (κ1) is 21.7. The number of carbonyl (C=O) groups is 2. The Hall–Kier alpha value is -3.56. The lowest BCUT2D eigenvalue weighted by Crippen LogP contribution is -2.37. The molecule has 0 atom stereocenters. The maximum Gasteiger partial charge on any atom is 0.330 e. The molecule has 10 heteroatoms. The lowest BCUT2D eigenvalue weighted by Gasteiger charge is -2.20. The van der Waals surface area contributed by atoms with E-state index < -0.39 is 17.4 Å². The van der Waals surface area contributed by atoms with E-state index in [2.05, 4.69) is 9.97 Å². The van der Waals surface area contributed by atoms with E-state index in [9.17, 15) is 18.8 Å². The van der Waals surface area contributed by atoms with E-state index in [1.807, 2.05) is 0 Å². The van der Waals surface area contributed by atoms with E-state index in [0.717, 1.165) is 25.7 Å². The van der Waals surface area contributed by atoms with Gasteiger partial charge in [0.25, 0.3) is 5.91 Å². The number of rotatable bonds is 5. The van der Waals surface area contributed by atoms with Gasteiger partial charge in [-0.1, -0.05) is 25.0 Å². The highest BCUT2D eigenvalue weighted by molar-refractivity contribution is 6.02. The highest BCUT2D eigenvalue weighted by Crippen LogP contribution is 2.22. The number of imidazole rings is 1. The third-order valence-electron chi connectivity index (χ3n) is 5.74. The van der Waals surface area contributed by atoms with Gasteiger partial charge in [0.2, 0.25) is 5.91 Å². The summed E-state index contributed by atoms with van der Waals surface area (Å²) in [7, 11) is 0. The predicted octanol–water partition coefficient (Wildman–Crippen LogP) is 1.92. The van der Waals surface area contributed by atoms with Crippen molar-refractivity contribution < 1.29 is 14.0 Å². The van der Waals surface area contributed by atoms with Crippen molar-refractivity contribution in [2.45, 2.75) is 45.7 Å². The van der Waals surface area contributed by atoms with Crippen LogP contribution in [0.3, 0.4) is 0 Å². The van der Waals surface area contributed by atoms with Gasteiger partial charge in [0, 0.05) is 25.2 Å². The number of nitrogens with two attached hydrogens (primary N) is 1. The van der Waals surface area contributed by atoms with Gasteiger partial charge in [-0.2, -0.15) is 0 Å². The Kier molecular flexibility index (Phi) is 6.02. The molecule has 0 aliphatic carbocycles. The molecule has 0 saturated carbocycles. The van der Waals surface area contributed by atoms with Crippen LogP contribution in [0.4, 0.5) is 4.39 Å². The number of hydrogen-bond acceptors (Lipinski definition) is 5. The maximum atomic E-state index is 13.7. The standard InChI is InChI=1S/C22H25FN6O3/c1-2-28-21-18(29(22(28)32)13-16(30)27-10-5-3-4-6-11-27)17(19(24)31)25-20(26-21)14-8-7-9-15(23)12-14/h7-9,12H,2-6,10-11,13H2,1H3,(H2,24,31). The number of hydrogen-bond donors (Lipinski definition) is 1. The van der Waals surface area contributed by atoms with Crippen molar-refractivity contribution in [1.82, 2.24) is 24.0 Å². The number of carbonyl (C=O) groups excluding carboxylic acids is 2. The number of primary amides is 1. The van der Waals surface area contributed by atoms with Gasteiger partial charge in [-0.05, 0) is 31.9 Å². The number of nitrogens with zero attached hydrogens (tertiary/aromatic N) is 5. The first-order valence-corrected chi connectivity index (χ1v) is 10.7. The van der Waals surface area contributed by atoms with Crippen molar-refractivity contribution >= 4 is 23.0 Å². The molecule has 1 saturated heterocycles. The van der Waals surface area contributed by atoms with Crippen LogP contribution >= 0.6 is 0 Å². The summed E-state index contributed by atoms with van der Waals surface area (Å²) >= 11 is 0. The van der Waals surface area contributed by atoms with Gasteiger partial charge in [0.05, 0.1) is 0 Å². The third kappa shape index (κ3) is 4.00. The first-order chi connectivity index (χ1) is 15.4. The molecular weight excluding hydrogens is 415 g/mol. The smallest absolute Gasteiger partial charge is 0.330 e. The van der Waals surface area contributed by atoms with Crippen molar-refractivity contribution in [3.8, 4) is 11.4 Å². The zero-order valence-corrected chi connectivity index (χ0v) is 17.9. The van der Waals surface area contributed by atoms with Crippen LogP contribution in [0.15, 0.2) is 29.1 Å². The van der Waals surface area contributed by atoms with Crippen molar-refractivity contribution in [2.24, 2.45) is 5.73 Å². The topological polar surface area (TPSA) is 116 Å². The molecule has 3 aromatic rings. The molecule has 3 heterocycles. The lowest BCUT2D eigenvalue weighted by atomic mass is 10.2. The van der Waals surface area contributed by atoms with Crippen molar-refractivity contribution in [3.63, 3.8) is 0 Å². The van der Waals surface area contributed by atoms with E-state index in [1.165, 1.54) is 27.3 Å². The minimum absolute atomic E-state index is 0.0731.